The summed E-state index contributed by atoms with van der Waals surface area (Å²) in [7, 11) is 1.53. The fourth-order valence-electron chi connectivity index (χ4n) is 3.99. The molecule has 4 rings (SSSR count). The number of aliphatic hydroxyl groups is 1. The Hall–Kier alpha value is -4.24. The largest absolute Gasteiger partial charge is 0.493 e. The number of nitrogens with zero attached hydrogens (tertiary/aromatic N) is 2. The van der Waals surface area contributed by atoms with Crippen molar-refractivity contribution in [2.75, 3.05) is 25.2 Å². The van der Waals surface area contributed by atoms with E-state index >= 15 is 0 Å². The highest BCUT2D eigenvalue weighted by molar-refractivity contribution is 6.10. The Morgan fingerprint density at radius 1 is 1.03 bits per heavy atom. The Morgan fingerprint density at radius 3 is 2.35 bits per heavy atom. The van der Waals surface area contributed by atoms with Gasteiger partial charge in [0.15, 0.2) is 22.9 Å². The van der Waals surface area contributed by atoms with Crippen LogP contribution in [0.4, 0.5) is 11.4 Å². The predicted molar refractivity (Wildman–Crippen MR) is 123 cm³/mol. The first-order valence-corrected chi connectivity index (χ1v) is 10.5. The third-order valence-electron chi connectivity index (χ3n) is 5.70. The molecule has 1 N–H and O–H groups in total. The van der Waals surface area contributed by atoms with Crippen LogP contribution >= 0.6 is 0 Å². The second kappa shape index (κ2) is 9.32. The van der Waals surface area contributed by atoms with Gasteiger partial charge in [-0.25, -0.2) is 0 Å². The quantitative estimate of drug-likeness (QED) is 0.294. The molecule has 0 bridgehead atoms. The average Bonchev–Trinajstić information content (AvgIpc) is 3.06. The number of rotatable bonds is 9. The number of carbonyl (C=O) groups is 2. The maximum absolute atomic E-state index is 13.3. The van der Waals surface area contributed by atoms with Crippen LogP contribution in [0.3, 0.4) is 0 Å². The zero-order valence-corrected chi connectivity index (χ0v) is 18.3. The molecule has 34 heavy (non-hydrogen) atoms. The number of fused-ring (bicyclic) bond motifs is 1. The molecular weight excluding hydrogens is 440 g/mol. The molecule has 0 spiro atoms. The first kappa shape index (κ1) is 22.9. The van der Waals surface area contributed by atoms with E-state index < -0.39 is 28.6 Å². The minimum absolute atomic E-state index is 0.132. The number of nitro benzene ring substituents is 1. The van der Waals surface area contributed by atoms with E-state index in [1.807, 2.05) is 6.07 Å². The van der Waals surface area contributed by atoms with Crippen LogP contribution in [0, 0.1) is 10.1 Å². The van der Waals surface area contributed by atoms with Crippen LogP contribution in [-0.2, 0) is 10.4 Å². The van der Waals surface area contributed by atoms with Crippen molar-refractivity contribution >= 4 is 23.1 Å². The second-order valence-corrected chi connectivity index (χ2v) is 7.74. The Bertz CT molecular complexity index is 1240. The summed E-state index contributed by atoms with van der Waals surface area (Å²) in [6.07, 6.45) is -0.496. The molecule has 1 aliphatic heterocycles. The van der Waals surface area contributed by atoms with Crippen LogP contribution in [0.1, 0.15) is 22.3 Å². The molecule has 0 radical (unpaired) electrons. The molecule has 0 aliphatic carbocycles. The average molecular weight is 462 g/mol. The molecule has 0 aromatic heterocycles. The van der Waals surface area contributed by atoms with E-state index in [9.17, 15) is 24.8 Å². The molecule has 0 saturated heterocycles. The van der Waals surface area contributed by atoms with Crippen molar-refractivity contribution in [3.05, 3.63) is 94.0 Å². The number of carbonyl (C=O) groups excluding carboxylic acids is 2. The van der Waals surface area contributed by atoms with E-state index in [4.69, 9.17) is 9.47 Å². The lowest BCUT2D eigenvalue weighted by Gasteiger charge is -2.23. The smallest absolute Gasteiger partial charge is 0.269 e. The molecule has 1 amide bonds. The number of Topliss-reactive ketones (excluding diaryl/α,β-unsaturated/α-hetero) is 1. The number of methoxy groups -OCH3 is 1. The minimum Gasteiger partial charge on any atom is -0.493 e. The van der Waals surface area contributed by atoms with Gasteiger partial charge < -0.3 is 19.5 Å². The highest BCUT2D eigenvalue weighted by Crippen LogP contribution is 2.42. The Labute approximate surface area is 195 Å². The van der Waals surface area contributed by atoms with Gasteiger partial charge in [0.2, 0.25) is 0 Å². The molecule has 0 saturated carbocycles. The summed E-state index contributed by atoms with van der Waals surface area (Å²) in [6, 6.07) is 18.9. The van der Waals surface area contributed by atoms with E-state index in [0.29, 0.717) is 22.7 Å². The second-order valence-electron chi connectivity index (χ2n) is 7.74. The van der Waals surface area contributed by atoms with Gasteiger partial charge in [0, 0.05) is 23.3 Å². The van der Waals surface area contributed by atoms with Crippen molar-refractivity contribution < 1.29 is 29.1 Å². The molecule has 3 aromatic rings. The lowest BCUT2D eigenvalue weighted by atomic mass is 9.88. The monoisotopic (exact) mass is 462 g/mol. The minimum atomic E-state index is -2.06. The first-order chi connectivity index (χ1) is 16.3. The zero-order valence-electron chi connectivity index (χ0n) is 18.3. The molecule has 1 aliphatic rings. The van der Waals surface area contributed by atoms with E-state index in [1.54, 1.807) is 42.5 Å². The van der Waals surface area contributed by atoms with Gasteiger partial charge in [-0.15, -0.1) is 0 Å². The number of ether oxygens (including phenoxy) is 2. The summed E-state index contributed by atoms with van der Waals surface area (Å²) < 4.78 is 11.0. The van der Waals surface area contributed by atoms with E-state index in [2.05, 4.69) is 0 Å². The fourth-order valence-corrected chi connectivity index (χ4v) is 3.99. The lowest BCUT2D eigenvalue weighted by Crippen LogP contribution is -2.43. The van der Waals surface area contributed by atoms with Crippen molar-refractivity contribution in [3.63, 3.8) is 0 Å². The number of benzene rings is 3. The highest BCUT2D eigenvalue weighted by atomic mass is 16.6. The lowest BCUT2D eigenvalue weighted by molar-refractivity contribution is -0.384. The Morgan fingerprint density at radius 2 is 1.68 bits per heavy atom. The summed E-state index contributed by atoms with van der Waals surface area (Å²) in [5, 5.41) is 22.2. The van der Waals surface area contributed by atoms with Crippen LogP contribution in [0.2, 0.25) is 0 Å². The molecule has 3 aromatic carbocycles. The molecule has 1 heterocycles. The SMILES string of the molecule is COc1ccccc1OCCN1C(=O)C(O)(CC(=O)c2ccc([N+](=O)[O-])cc2)c2ccccc21. The van der Waals surface area contributed by atoms with Crippen molar-refractivity contribution in [3.8, 4) is 11.5 Å². The third-order valence-corrected chi connectivity index (χ3v) is 5.70. The summed E-state index contributed by atoms with van der Waals surface area (Å²) in [5.74, 6) is -0.0605. The standard InChI is InChI=1S/C25H22N2O7/c1-33-22-8-4-5-9-23(22)34-15-14-26-20-7-3-2-6-19(20)25(30,24(26)29)16-21(28)17-10-12-18(13-11-17)27(31)32/h2-13,30H,14-16H2,1H3. The number of ketones is 1. The molecule has 1 unspecified atom stereocenters. The van der Waals surface area contributed by atoms with Gasteiger partial charge >= 0.3 is 0 Å². The van der Waals surface area contributed by atoms with Gasteiger partial charge in [0.1, 0.15) is 6.61 Å². The number of non-ortho nitro benzene ring substituents is 1. The molecule has 9 heteroatoms. The van der Waals surface area contributed by atoms with Gasteiger partial charge in [-0.3, -0.25) is 19.7 Å². The van der Waals surface area contributed by atoms with Crippen LogP contribution in [0.5, 0.6) is 11.5 Å². The normalized spacial score (nSPS) is 16.8. The molecule has 174 valence electrons. The number of nitro groups is 1. The Kier molecular flexibility index (Phi) is 6.29. The number of hydrogen-bond acceptors (Lipinski definition) is 7. The van der Waals surface area contributed by atoms with E-state index in [1.165, 1.54) is 36.3 Å². The topological polar surface area (TPSA) is 119 Å². The van der Waals surface area contributed by atoms with Crippen LogP contribution in [0.15, 0.2) is 72.8 Å². The van der Waals surface area contributed by atoms with Crippen molar-refractivity contribution in [2.45, 2.75) is 12.0 Å². The summed E-state index contributed by atoms with van der Waals surface area (Å²) in [4.78, 5) is 37.9. The number of hydrogen-bond donors (Lipinski definition) is 1. The van der Waals surface area contributed by atoms with Gasteiger partial charge in [-0.2, -0.15) is 0 Å². The number of amides is 1. The van der Waals surface area contributed by atoms with Crippen LogP contribution in [-0.4, -0.2) is 42.0 Å². The van der Waals surface area contributed by atoms with E-state index in [0.717, 1.165) is 0 Å². The fraction of sp³-hybridized carbons (Fsp3) is 0.200. The Balaban J connectivity index is 1.52. The molecule has 0 fully saturated rings. The van der Waals surface area contributed by atoms with Crippen LogP contribution in [0.25, 0.3) is 0 Å². The zero-order chi connectivity index (χ0) is 24.3. The molecule has 9 nitrogen and oxygen atoms in total. The summed E-state index contributed by atoms with van der Waals surface area (Å²) >= 11 is 0. The number of anilines is 1. The predicted octanol–water partition coefficient (Wildman–Crippen LogP) is 3.49. The third kappa shape index (κ3) is 4.20. The maximum Gasteiger partial charge on any atom is 0.269 e. The van der Waals surface area contributed by atoms with Crippen LogP contribution < -0.4 is 14.4 Å². The maximum atomic E-state index is 13.3. The van der Waals surface area contributed by atoms with Crippen molar-refractivity contribution in [2.24, 2.45) is 0 Å². The van der Waals surface area contributed by atoms with Crippen molar-refractivity contribution in [1.29, 1.82) is 0 Å². The molecular formula is C25H22N2O7. The van der Waals surface area contributed by atoms with Gasteiger partial charge in [0.25, 0.3) is 11.6 Å². The summed E-state index contributed by atoms with van der Waals surface area (Å²) in [5.41, 5.74) is -1.22. The van der Waals surface area contributed by atoms with Gasteiger partial charge in [0.05, 0.1) is 30.7 Å². The number of para-hydroxylation sites is 3. The summed E-state index contributed by atoms with van der Waals surface area (Å²) in [6.45, 7) is 0.273. The first-order valence-electron chi connectivity index (χ1n) is 10.5. The molecule has 1 atom stereocenters. The van der Waals surface area contributed by atoms with Crippen molar-refractivity contribution in [1.82, 2.24) is 0 Å². The van der Waals surface area contributed by atoms with Gasteiger partial charge in [-0.1, -0.05) is 30.3 Å². The van der Waals surface area contributed by atoms with E-state index in [-0.39, 0.29) is 24.4 Å². The van der Waals surface area contributed by atoms with Gasteiger partial charge in [-0.05, 0) is 30.3 Å². The highest BCUT2D eigenvalue weighted by Gasteiger charge is 2.50.